The first kappa shape index (κ1) is 13.1. The van der Waals surface area contributed by atoms with Gasteiger partial charge >= 0.3 is 0 Å². The van der Waals surface area contributed by atoms with E-state index in [1.165, 1.54) is 7.11 Å². The second kappa shape index (κ2) is 6.59. The van der Waals surface area contributed by atoms with Crippen molar-refractivity contribution < 1.29 is 14.3 Å². The first-order valence-corrected chi connectivity index (χ1v) is 5.37. The van der Waals surface area contributed by atoms with Gasteiger partial charge in [-0.15, -0.1) is 11.8 Å². The molecule has 90 valence electrons. The molecule has 0 aromatic heterocycles. The Kier molecular flexibility index (Phi) is 5.09. The lowest BCUT2D eigenvalue weighted by atomic mass is 10.1. The van der Waals surface area contributed by atoms with Gasteiger partial charge in [-0.05, 0) is 19.1 Å². The SMILES string of the molecule is CC#CCCC(=O)c1ccc(OC)cc1OC. The normalized spacial score (nSPS) is 9.12. The number of hydrogen-bond donors (Lipinski definition) is 0. The third-order valence-corrected chi connectivity index (χ3v) is 2.36. The minimum Gasteiger partial charge on any atom is -0.497 e. The highest BCUT2D eigenvalue weighted by Gasteiger charge is 2.12. The van der Waals surface area contributed by atoms with E-state index in [4.69, 9.17) is 9.47 Å². The molecule has 0 heterocycles. The summed E-state index contributed by atoms with van der Waals surface area (Å²) in [4.78, 5) is 11.9. The van der Waals surface area contributed by atoms with Crippen molar-refractivity contribution in [3.05, 3.63) is 23.8 Å². The molecular weight excluding hydrogens is 216 g/mol. The Bertz CT molecular complexity index is 452. The lowest BCUT2D eigenvalue weighted by Crippen LogP contribution is -2.02. The molecule has 0 atom stereocenters. The van der Waals surface area contributed by atoms with Crippen LogP contribution in [0.3, 0.4) is 0 Å². The van der Waals surface area contributed by atoms with E-state index < -0.39 is 0 Å². The summed E-state index contributed by atoms with van der Waals surface area (Å²) in [6, 6.07) is 5.18. The minimum absolute atomic E-state index is 0.0345. The van der Waals surface area contributed by atoms with E-state index in [0.717, 1.165) is 0 Å². The molecule has 0 aliphatic rings. The second-order valence-electron chi connectivity index (χ2n) is 3.42. The molecule has 0 unspecified atom stereocenters. The van der Waals surface area contributed by atoms with Crippen molar-refractivity contribution in [3.8, 4) is 23.3 Å². The lowest BCUT2D eigenvalue weighted by Gasteiger charge is -2.08. The van der Waals surface area contributed by atoms with E-state index in [1.807, 2.05) is 0 Å². The van der Waals surface area contributed by atoms with Crippen LogP contribution in [0.4, 0.5) is 0 Å². The fourth-order valence-corrected chi connectivity index (χ4v) is 1.46. The van der Waals surface area contributed by atoms with Gasteiger partial charge in [0, 0.05) is 18.9 Å². The van der Waals surface area contributed by atoms with E-state index in [0.29, 0.717) is 29.9 Å². The van der Waals surface area contributed by atoms with E-state index >= 15 is 0 Å². The smallest absolute Gasteiger partial charge is 0.167 e. The number of ether oxygens (including phenoxy) is 2. The van der Waals surface area contributed by atoms with Crippen molar-refractivity contribution in [1.29, 1.82) is 0 Å². The van der Waals surface area contributed by atoms with Crippen molar-refractivity contribution >= 4 is 5.78 Å². The van der Waals surface area contributed by atoms with Gasteiger partial charge in [0.1, 0.15) is 11.5 Å². The van der Waals surface area contributed by atoms with Gasteiger partial charge in [-0.25, -0.2) is 0 Å². The van der Waals surface area contributed by atoms with Gasteiger partial charge in [-0.2, -0.15) is 0 Å². The predicted molar refractivity (Wildman–Crippen MR) is 66.6 cm³/mol. The summed E-state index contributed by atoms with van der Waals surface area (Å²) in [5.74, 6) is 6.89. The average molecular weight is 232 g/mol. The average Bonchev–Trinajstić information content (AvgIpc) is 2.38. The fourth-order valence-electron chi connectivity index (χ4n) is 1.46. The molecule has 0 N–H and O–H groups in total. The number of ketones is 1. The number of hydrogen-bond acceptors (Lipinski definition) is 3. The van der Waals surface area contributed by atoms with Crippen LogP contribution in [0.15, 0.2) is 18.2 Å². The molecule has 1 rings (SSSR count). The number of benzene rings is 1. The van der Waals surface area contributed by atoms with E-state index in [1.54, 1.807) is 32.2 Å². The van der Waals surface area contributed by atoms with Crippen molar-refractivity contribution in [2.75, 3.05) is 14.2 Å². The topological polar surface area (TPSA) is 35.5 Å². The maximum atomic E-state index is 11.9. The Balaban J connectivity index is 2.87. The highest BCUT2D eigenvalue weighted by molar-refractivity contribution is 5.99. The van der Waals surface area contributed by atoms with Gasteiger partial charge in [0.05, 0.1) is 19.8 Å². The summed E-state index contributed by atoms with van der Waals surface area (Å²) in [7, 11) is 3.12. The van der Waals surface area contributed by atoms with Crippen LogP contribution >= 0.6 is 0 Å². The van der Waals surface area contributed by atoms with Crippen molar-refractivity contribution in [2.24, 2.45) is 0 Å². The minimum atomic E-state index is 0.0345. The quantitative estimate of drug-likeness (QED) is 0.578. The van der Waals surface area contributed by atoms with Crippen LogP contribution in [0.2, 0.25) is 0 Å². The fraction of sp³-hybridized carbons (Fsp3) is 0.357. The number of rotatable bonds is 5. The Morgan fingerprint density at radius 2 is 2.06 bits per heavy atom. The Morgan fingerprint density at radius 3 is 2.65 bits per heavy atom. The van der Waals surface area contributed by atoms with Crippen molar-refractivity contribution in [1.82, 2.24) is 0 Å². The third kappa shape index (κ3) is 3.53. The van der Waals surface area contributed by atoms with Crippen LogP contribution in [-0.4, -0.2) is 20.0 Å². The van der Waals surface area contributed by atoms with Gasteiger partial charge < -0.3 is 9.47 Å². The monoisotopic (exact) mass is 232 g/mol. The molecular formula is C14H16O3. The molecule has 0 fully saturated rings. The molecule has 1 aromatic carbocycles. The Labute approximate surface area is 102 Å². The van der Waals surface area contributed by atoms with Gasteiger partial charge in [0.15, 0.2) is 5.78 Å². The van der Waals surface area contributed by atoms with Crippen LogP contribution in [0.5, 0.6) is 11.5 Å². The van der Waals surface area contributed by atoms with Crippen molar-refractivity contribution in [2.45, 2.75) is 19.8 Å². The highest BCUT2D eigenvalue weighted by Crippen LogP contribution is 2.25. The van der Waals surface area contributed by atoms with Crippen LogP contribution in [-0.2, 0) is 0 Å². The van der Waals surface area contributed by atoms with E-state index in [9.17, 15) is 4.79 Å². The van der Waals surface area contributed by atoms with E-state index in [-0.39, 0.29) is 5.78 Å². The molecule has 3 nitrogen and oxygen atoms in total. The number of carbonyl (C=O) groups is 1. The molecule has 0 saturated heterocycles. The summed E-state index contributed by atoms with van der Waals surface area (Å²) >= 11 is 0. The summed E-state index contributed by atoms with van der Waals surface area (Å²) in [5, 5.41) is 0. The number of Topliss-reactive ketones (excluding diaryl/α,β-unsaturated/α-hetero) is 1. The zero-order valence-electron chi connectivity index (χ0n) is 10.4. The lowest BCUT2D eigenvalue weighted by molar-refractivity contribution is 0.0981. The van der Waals surface area contributed by atoms with E-state index in [2.05, 4.69) is 11.8 Å². The van der Waals surface area contributed by atoms with Crippen LogP contribution in [0, 0.1) is 11.8 Å². The summed E-state index contributed by atoms with van der Waals surface area (Å²) in [6.45, 7) is 1.76. The second-order valence-corrected chi connectivity index (χ2v) is 3.42. The standard InChI is InChI=1S/C14H16O3/c1-4-5-6-7-13(15)12-9-8-11(16-2)10-14(12)17-3/h8-10H,6-7H2,1-3H3. The Morgan fingerprint density at radius 1 is 1.29 bits per heavy atom. The zero-order chi connectivity index (χ0) is 12.7. The van der Waals surface area contributed by atoms with Gasteiger partial charge in [0.2, 0.25) is 0 Å². The molecule has 17 heavy (non-hydrogen) atoms. The molecule has 0 saturated carbocycles. The number of carbonyl (C=O) groups excluding carboxylic acids is 1. The molecule has 0 radical (unpaired) electrons. The summed E-state index contributed by atoms with van der Waals surface area (Å²) < 4.78 is 10.3. The van der Waals surface area contributed by atoms with Gasteiger partial charge in [-0.3, -0.25) is 4.79 Å². The maximum absolute atomic E-state index is 11.9. The van der Waals surface area contributed by atoms with Gasteiger partial charge in [-0.1, -0.05) is 0 Å². The largest absolute Gasteiger partial charge is 0.497 e. The van der Waals surface area contributed by atoms with Crippen LogP contribution in [0.25, 0.3) is 0 Å². The molecule has 0 spiro atoms. The molecule has 0 bridgehead atoms. The van der Waals surface area contributed by atoms with Crippen molar-refractivity contribution in [3.63, 3.8) is 0 Å². The molecule has 3 heteroatoms. The molecule has 0 amide bonds. The third-order valence-electron chi connectivity index (χ3n) is 2.36. The highest BCUT2D eigenvalue weighted by atomic mass is 16.5. The first-order chi connectivity index (χ1) is 8.22. The maximum Gasteiger partial charge on any atom is 0.167 e. The molecule has 1 aromatic rings. The van der Waals surface area contributed by atoms with Crippen LogP contribution in [0.1, 0.15) is 30.1 Å². The van der Waals surface area contributed by atoms with Gasteiger partial charge in [0.25, 0.3) is 0 Å². The first-order valence-electron chi connectivity index (χ1n) is 5.37. The Hall–Kier alpha value is -1.95. The molecule has 0 aliphatic carbocycles. The summed E-state index contributed by atoms with van der Waals surface area (Å²) in [5.41, 5.74) is 0.575. The zero-order valence-corrected chi connectivity index (χ0v) is 10.4. The van der Waals surface area contributed by atoms with Crippen LogP contribution < -0.4 is 9.47 Å². The predicted octanol–water partition coefficient (Wildman–Crippen LogP) is 2.69. The molecule has 0 aliphatic heterocycles. The summed E-state index contributed by atoms with van der Waals surface area (Å²) in [6.07, 6.45) is 0.980. The number of methoxy groups -OCH3 is 2.